The van der Waals surface area contributed by atoms with E-state index in [0.717, 1.165) is 0 Å². The number of hydrogen-bond acceptors (Lipinski definition) is 3. The number of rotatable bonds is 8. The van der Waals surface area contributed by atoms with E-state index < -0.39 is 18.8 Å². The van der Waals surface area contributed by atoms with Crippen LogP contribution in [-0.2, 0) is 16.0 Å². The Balaban J connectivity index is 2.42. The summed E-state index contributed by atoms with van der Waals surface area (Å²) in [4.78, 5) is 21.9. The number of carboxylic acids is 1. The molecule has 0 atom stereocenters. The first-order valence-electron chi connectivity index (χ1n) is 6.53. The quantitative estimate of drug-likeness (QED) is 0.720. The number of ether oxygens (including phenoxy) is 1. The van der Waals surface area contributed by atoms with Crippen LogP contribution in [0.2, 0.25) is 0 Å². The molecule has 0 unspecified atom stereocenters. The monoisotopic (exact) mass is 319 g/mol. The second-order valence-electron chi connectivity index (χ2n) is 4.58. The van der Waals surface area contributed by atoms with Crippen molar-refractivity contribution in [1.82, 2.24) is 5.32 Å². The lowest BCUT2D eigenvalue weighted by molar-refractivity contribution is -0.153. The number of carbonyl (C=O) groups excluding carboxylic acids is 1. The third kappa shape index (κ3) is 8.13. The summed E-state index contributed by atoms with van der Waals surface area (Å²) in [5.74, 6) is -1.24. The normalized spacial score (nSPS) is 11.0. The fourth-order valence-corrected chi connectivity index (χ4v) is 1.63. The molecule has 0 radical (unpaired) electrons. The topological polar surface area (TPSA) is 75.6 Å². The van der Waals surface area contributed by atoms with Crippen molar-refractivity contribution in [2.24, 2.45) is 0 Å². The van der Waals surface area contributed by atoms with Crippen LogP contribution in [0.3, 0.4) is 0 Å². The van der Waals surface area contributed by atoms with Crippen molar-refractivity contribution < 1.29 is 32.6 Å². The fourth-order valence-electron chi connectivity index (χ4n) is 1.63. The molecule has 0 aliphatic carbocycles. The molecule has 1 amide bonds. The van der Waals surface area contributed by atoms with Crippen LogP contribution in [0.4, 0.5) is 13.2 Å². The summed E-state index contributed by atoms with van der Waals surface area (Å²) < 4.78 is 40.7. The van der Waals surface area contributed by atoms with Gasteiger partial charge in [0.2, 0.25) is 5.91 Å². The number of hydrogen-bond donors (Lipinski definition) is 2. The molecule has 0 saturated heterocycles. The molecular weight excluding hydrogens is 303 g/mol. The highest BCUT2D eigenvalue weighted by Crippen LogP contribution is 2.19. The summed E-state index contributed by atoms with van der Waals surface area (Å²) in [5.41, 5.74) is 0.510. The van der Waals surface area contributed by atoms with Crippen molar-refractivity contribution in [1.29, 1.82) is 0 Å². The summed E-state index contributed by atoms with van der Waals surface area (Å²) in [6.45, 7) is -1.16. The van der Waals surface area contributed by atoms with Crippen LogP contribution in [0, 0.1) is 0 Å². The molecule has 0 fully saturated rings. The number of alkyl halides is 3. The second kappa shape index (κ2) is 8.26. The molecule has 0 aromatic heterocycles. The molecule has 0 heterocycles. The smallest absolute Gasteiger partial charge is 0.422 e. The van der Waals surface area contributed by atoms with Gasteiger partial charge in [-0.1, -0.05) is 12.1 Å². The molecule has 5 nitrogen and oxygen atoms in total. The van der Waals surface area contributed by atoms with Crippen LogP contribution in [0.1, 0.15) is 18.4 Å². The first kappa shape index (κ1) is 17.8. The largest absolute Gasteiger partial charge is 0.484 e. The Kier molecular flexibility index (Phi) is 6.68. The summed E-state index contributed by atoms with van der Waals surface area (Å²) in [7, 11) is 0. The van der Waals surface area contributed by atoms with Gasteiger partial charge in [0, 0.05) is 13.0 Å². The minimum Gasteiger partial charge on any atom is -0.484 e. The first-order valence-corrected chi connectivity index (χ1v) is 6.53. The third-order valence-corrected chi connectivity index (χ3v) is 2.56. The van der Waals surface area contributed by atoms with E-state index in [1.165, 1.54) is 18.2 Å². The van der Waals surface area contributed by atoms with Crippen LogP contribution < -0.4 is 10.1 Å². The average molecular weight is 319 g/mol. The van der Waals surface area contributed by atoms with E-state index in [9.17, 15) is 22.8 Å². The number of benzene rings is 1. The van der Waals surface area contributed by atoms with E-state index in [1.807, 2.05) is 0 Å². The molecule has 22 heavy (non-hydrogen) atoms. The minimum atomic E-state index is -4.42. The predicted molar refractivity (Wildman–Crippen MR) is 71.6 cm³/mol. The summed E-state index contributed by atoms with van der Waals surface area (Å²) in [6, 6.07) is 5.83. The molecular formula is C14H16F3NO4. The molecule has 0 aliphatic rings. The van der Waals surface area contributed by atoms with Gasteiger partial charge < -0.3 is 15.2 Å². The van der Waals surface area contributed by atoms with E-state index in [4.69, 9.17) is 5.11 Å². The van der Waals surface area contributed by atoms with Crippen molar-refractivity contribution in [3.8, 4) is 5.75 Å². The van der Waals surface area contributed by atoms with Gasteiger partial charge in [0.1, 0.15) is 5.75 Å². The maximum Gasteiger partial charge on any atom is 0.422 e. The van der Waals surface area contributed by atoms with Crippen molar-refractivity contribution in [2.75, 3.05) is 13.2 Å². The maximum absolute atomic E-state index is 12.1. The Labute approximate surface area is 125 Å². The van der Waals surface area contributed by atoms with Gasteiger partial charge in [0.05, 0.1) is 6.42 Å². The van der Waals surface area contributed by atoms with Gasteiger partial charge in [-0.15, -0.1) is 0 Å². The Morgan fingerprint density at radius 3 is 2.64 bits per heavy atom. The number of amides is 1. The molecule has 0 spiro atoms. The number of aliphatic carboxylic acids is 1. The van der Waals surface area contributed by atoms with E-state index in [0.29, 0.717) is 12.0 Å². The van der Waals surface area contributed by atoms with Crippen molar-refractivity contribution in [3.63, 3.8) is 0 Å². The highest BCUT2D eigenvalue weighted by atomic mass is 19.4. The van der Waals surface area contributed by atoms with Gasteiger partial charge in [-0.05, 0) is 24.1 Å². The van der Waals surface area contributed by atoms with E-state index in [2.05, 4.69) is 10.1 Å². The Hall–Kier alpha value is -2.25. The number of carboxylic acid groups (broad SMARTS) is 1. The number of halogens is 3. The van der Waals surface area contributed by atoms with E-state index in [1.54, 1.807) is 6.07 Å². The Bertz CT molecular complexity index is 517. The lowest BCUT2D eigenvalue weighted by atomic mass is 10.1. The SMILES string of the molecule is O=C(O)CCCNC(=O)Cc1cccc(OCC(F)(F)F)c1. The van der Waals surface area contributed by atoms with Crippen LogP contribution in [0.15, 0.2) is 24.3 Å². The van der Waals surface area contributed by atoms with E-state index in [-0.39, 0.29) is 31.0 Å². The molecule has 0 aliphatic heterocycles. The van der Waals surface area contributed by atoms with Gasteiger partial charge in [-0.2, -0.15) is 13.2 Å². The van der Waals surface area contributed by atoms with Gasteiger partial charge >= 0.3 is 12.1 Å². The van der Waals surface area contributed by atoms with Crippen LogP contribution in [-0.4, -0.2) is 36.3 Å². The molecule has 1 aromatic carbocycles. The highest BCUT2D eigenvalue weighted by molar-refractivity contribution is 5.78. The second-order valence-corrected chi connectivity index (χ2v) is 4.58. The Morgan fingerprint density at radius 2 is 2.00 bits per heavy atom. The van der Waals surface area contributed by atoms with E-state index >= 15 is 0 Å². The lowest BCUT2D eigenvalue weighted by Crippen LogP contribution is -2.26. The van der Waals surface area contributed by atoms with Crippen LogP contribution >= 0.6 is 0 Å². The summed E-state index contributed by atoms with van der Waals surface area (Å²) in [6.07, 6.45) is -4.16. The number of nitrogens with one attached hydrogen (secondary N) is 1. The molecule has 0 saturated carbocycles. The zero-order chi connectivity index (χ0) is 16.6. The van der Waals surface area contributed by atoms with Gasteiger partial charge in [-0.3, -0.25) is 9.59 Å². The van der Waals surface area contributed by atoms with Crippen molar-refractivity contribution >= 4 is 11.9 Å². The maximum atomic E-state index is 12.1. The lowest BCUT2D eigenvalue weighted by Gasteiger charge is -2.10. The number of carbonyl (C=O) groups is 2. The van der Waals surface area contributed by atoms with Crippen LogP contribution in [0.5, 0.6) is 5.75 Å². The Morgan fingerprint density at radius 1 is 1.27 bits per heavy atom. The third-order valence-electron chi connectivity index (χ3n) is 2.56. The molecule has 1 aromatic rings. The summed E-state index contributed by atoms with van der Waals surface area (Å²) in [5, 5.41) is 11.0. The van der Waals surface area contributed by atoms with Gasteiger partial charge in [-0.25, -0.2) is 0 Å². The van der Waals surface area contributed by atoms with Crippen molar-refractivity contribution in [3.05, 3.63) is 29.8 Å². The van der Waals surface area contributed by atoms with Gasteiger partial charge in [0.25, 0.3) is 0 Å². The molecule has 0 bridgehead atoms. The summed E-state index contributed by atoms with van der Waals surface area (Å²) >= 11 is 0. The standard InChI is InChI=1S/C14H16F3NO4/c15-14(16,17)9-22-11-4-1-3-10(7-11)8-12(19)18-6-2-5-13(20)21/h1,3-4,7H,2,5-6,8-9H2,(H,18,19)(H,20,21). The molecule has 1 rings (SSSR count). The van der Waals surface area contributed by atoms with Crippen LogP contribution in [0.25, 0.3) is 0 Å². The molecule has 122 valence electrons. The first-order chi connectivity index (χ1) is 10.3. The average Bonchev–Trinajstić information content (AvgIpc) is 2.41. The predicted octanol–water partition coefficient (Wildman–Crippen LogP) is 2.15. The molecule has 8 heteroatoms. The fraction of sp³-hybridized carbons (Fsp3) is 0.429. The molecule has 2 N–H and O–H groups in total. The highest BCUT2D eigenvalue weighted by Gasteiger charge is 2.28. The minimum absolute atomic E-state index is 0.0176. The van der Waals surface area contributed by atoms with Gasteiger partial charge in [0.15, 0.2) is 6.61 Å². The zero-order valence-corrected chi connectivity index (χ0v) is 11.7. The zero-order valence-electron chi connectivity index (χ0n) is 11.7. The van der Waals surface area contributed by atoms with Crippen molar-refractivity contribution in [2.45, 2.75) is 25.4 Å².